The third-order valence-corrected chi connectivity index (χ3v) is 4.62. The van der Waals surface area contributed by atoms with Crippen molar-refractivity contribution in [3.05, 3.63) is 69.4 Å². The summed E-state index contributed by atoms with van der Waals surface area (Å²) in [5.74, 6) is 1.01. The number of rotatable bonds is 8. The van der Waals surface area contributed by atoms with Crippen LogP contribution in [0, 0.1) is 13.8 Å². The number of halogens is 2. The Morgan fingerprint density at radius 1 is 1.21 bits per heavy atom. The number of benzene rings is 1. The van der Waals surface area contributed by atoms with Crippen LogP contribution in [-0.4, -0.2) is 22.2 Å². The first-order valence-electron chi connectivity index (χ1n) is 8.88. The first-order valence-corrected chi connectivity index (χ1v) is 9.64. The lowest BCUT2D eigenvalue weighted by molar-refractivity contribution is 0.0920. The van der Waals surface area contributed by atoms with Gasteiger partial charge in [-0.15, -0.1) is 0 Å². The number of nitrogens with zero attached hydrogens (tertiary/aromatic N) is 2. The lowest BCUT2D eigenvalue weighted by atomic mass is 10.3. The summed E-state index contributed by atoms with van der Waals surface area (Å²) in [4.78, 5) is 12.2. The molecule has 0 saturated heterocycles. The van der Waals surface area contributed by atoms with Crippen molar-refractivity contribution in [1.29, 1.82) is 0 Å². The normalized spacial score (nSPS) is 10.9. The Bertz CT molecular complexity index is 966. The molecule has 0 aliphatic heterocycles. The van der Waals surface area contributed by atoms with E-state index in [2.05, 4.69) is 10.4 Å². The second-order valence-electron chi connectivity index (χ2n) is 6.39. The minimum absolute atomic E-state index is 0.159. The number of amides is 1. The largest absolute Gasteiger partial charge is 0.484 e. The van der Waals surface area contributed by atoms with E-state index in [4.69, 9.17) is 32.4 Å². The molecule has 0 spiro atoms. The Morgan fingerprint density at radius 3 is 2.75 bits per heavy atom. The average molecular weight is 422 g/mol. The van der Waals surface area contributed by atoms with E-state index in [-0.39, 0.29) is 18.3 Å². The third kappa shape index (κ3) is 5.30. The van der Waals surface area contributed by atoms with Gasteiger partial charge in [-0.3, -0.25) is 9.48 Å². The molecule has 0 saturated carbocycles. The quantitative estimate of drug-likeness (QED) is 0.530. The molecule has 0 bridgehead atoms. The third-order valence-electron chi connectivity index (χ3n) is 4.08. The van der Waals surface area contributed by atoms with Crippen molar-refractivity contribution >= 4 is 29.1 Å². The molecule has 0 radical (unpaired) electrons. The predicted molar refractivity (Wildman–Crippen MR) is 108 cm³/mol. The van der Waals surface area contributed by atoms with Crippen molar-refractivity contribution in [3.63, 3.8) is 0 Å². The van der Waals surface area contributed by atoms with E-state index in [0.717, 1.165) is 24.4 Å². The van der Waals surface area contributed by atoms with E-state index >= 15 is 0 Å². The van der Waals surface area contributed by atoms with Gasteiger partial charge in [0.25, 0.3) is 5.91 Å². The van der Waals surface area contributed by atoms with Gasteiger partial charge in [0.1, 0.15) is 18.1 Å². The number of aryl methyl sites for hydroxylation is 3. The number of hydrogen-bond acceptors (Lipinski definition) is 4. The van der Waals surface area contributed by atoms with Crippen molar-refractivity contribution in [2.75, 3.05) is 6.54 Å². The van der Waals surface area contributed by atoms with Gasteiger partial charge < -0.3 is 14.5 Å². The molecule has 2 aromatic heterocycles. The molecule has 0 atom stereocenters. The summed E-state index contributed by atoms with van der Waals surface area (Å²) in [5.41, 5.74) is 2.10. The first-order chi connectivity index (χ1) is 13.4. The van der Waals surface area contributed by atoms with Crippen LogP contribution < -0.4 is 10.1 Å². The predicted octanol–water partition coefficient (Wildman–Crippen LogP) is 4.80. The van der Waals surface area contributed by atoms with Crippen LogP contribution in [-0.2, 0) is 13.2 Å². The van der Waals surface area contributed by atoms with E-state index in [0.29, 0.717) is 28.1 Å². The highest BCUT2D eigenvalue weighted by molar-refractivity contribution is 6.35. The van der Waals surface area contributed by atoms with Crippen LogP contribution >= 0.6 is 23.2 Å². The van der Waals surface area contributed by atoms with Gasteiger partial charge in [-0.25, -0.2) is 0 Å². The van der Waals surface area contributed by atoms with E-state index in [1.165, 1.54) is 0 Å². The Balaban J connectivity index is 1.45. The maximum absolute atomic E-state index is 12.2. The lowest BCUT2D eigenvalue weighted by Gasteiger charge is -2.07. The summed E-state index contributed by atoms with van der Waals surface area (Å²) in [6.45, 7) is 5.42. The minimum atomic E-state index is -0.260. The number of carbonyl (C=O) groups excluding carboxylic acids is 1. The maximum Gasteiger partial charge on any atom is 0.286 e. The first kappa shape index (κ1) is 20.3. The Kier molecular flexibility index (Phi) is 6.65. The van der Waals surface area contributed by atoms with Gasteiger partial charge in [-0.1, -0.05) is 23.2 Å². The Labute approximate surface area is 173 Å². The highest BCUT2D eigenvalue weighted by atomic mass is 35.5. The van der Waals surface area contributed by atoms with Gasteiger partial charge in [-0.2, -0.15) is 5.10 Å². The highest BCUT2D eigenvalue weighted by Crippen LogP contribution is 2.28. The van der Waals surface area contributed by atoms with Crippen LogP contribution in [0.1, 0.15) is 34.1 Å². The molecule has 2 heterocycles. The van der Waals surface area contributed by atoms with Crippen molar-refractivity contribution < 1.29 is 13.9 Å². The summed E-state index contributed by atoms with van der Waals surface area (Å²) < 4.78 is 13.1. The second-order valence-corrected chi connectivity index (χ2v) is 7.23. The van der Waals surface area contributed by atoms with Crippen molar-refractivity contribution in [1.82, 2.24) is 15.1 Å². The fourth-order valence-electron chi connectivity index (χ4n) is 2.74. The van der Waals surface area contributed by atoms with Crippen molar-refractivity contribution in [3.8, 4) is 5.75 Å². The van der Waals surface area contributed by atoms with Crippen LogP contribution in [0.5, 0.6) is 5.75 Å². The Morgan fingerprint density at radius 2 is 2.04 bits per heavy atom. The van der Waals surface area contributed by atoms with E-state index in [9.17, 15) is 4.79 Å². The van der Waals surface area contributed by atoms with Gasteiger partial charge >= 0.3 is 0 Å². The molecule has 0 aliphatic carbocycles. The molecule has 1 amide bonds. The molecule has 3 rings (SSSR count). The molecule has 28 heavy (non-hydrogen) atoms. The molecule has 0 fully saturated rings. The fraction of sp³-hybridized carbons (Fsp3) is 0.300. The maximum atomic E-state index is 12.2. The molecule has 1 aromatic carbocycles. The topological polar surface area (TPSA) is 69.3 Å². The number of furan rings is 1. The summed E-state index contributed by atoms with van der Waals surface area (Å²) >= 11 is 11.9. The van der Waals surface area contributed by atoms with E-state index < -0.39 is 0 Å². The number of ether oxygens (including phenoxy) is 1. The molecule has 8 heteroatoms. The minimum Gasteiger partial charge on any atom is -0.484 e. The summed E-state index contributed by atoms with van der Waals surface area (Å²) in [7, 11) is 0. The SMILES string of the molecule is Cc1cc(C)n(CCCNC(=O)c2ccc(COc3ccc(Cl)cc3Cl)o2)n1. The number of aromatic nitrogens is 2. The average Bonchev–Trinajstić information content (AvgIpc) is 3.24. The molecule has 3 aromatic rings. The fourth-order valence-corrected chi connectivity index (χ4v) is 3.20. The second kappa shape index (κ2) is 9.17. The monoisotopic (exact) mass is 421 g/mol. The number of nitrogens with one attached hydrogen (secondary N) is 1. The zero-order valence-electron chi connectivity index (χ0n) is 15.7. The smallest absolute Gasteiger partial charge is 0.286 e. The molecule has 1 N–H and O–H groups in total. The zero-order chi connectivity index (χ0) is 20.1. The van der Waals surface area contributed by atoms with Crippen molar-refractivity contribution in [2.24, 2.45) is 0 Å². The van der Waals surface area contributed by atoms with Crippen LogP contribution in [0.4, 0.5) is 0 Å². The molecule has 6 nitrogen and oxygen atoms in total. The Hall–Kier alpha value is -2.44. The summed E-state index contributed by atoms with van der Waals surface area (Å²) in [5, 5.41) is 8.20. The van der Waals surface area contributed by atoms with Gasteiger partial charge in [0.05, 0.1) is 10.7 Å². The van der Waals surface area contributed by atoms with Gasteiger partial charge in [0.15, 0.2) is 5.76 Å². The van der Waals surface area contributed by atoms with E-state index in [1.807, 2.05) is 24.6 Å². The van der Waals surface area contributed by atoms with Crippen molar-refractivity contribution in [2.45, 2.75) is 33.4 Å². The van der Waals surface area contributed by atoms with Crippen LogP contribution in [0.2, 0.25) is 10.0 Å². The van der Waals surface area contributed by atoms with Gasteiger partial charge in [0, 0.05) is 23.8 Å². The van der Waals surface area contributed by atoms with Crippen LogP contribution in [0.25, 0.3) is 0 Å². The molecule has 0 unspecified atom stereocenters. The summed E-state index contributed by atoms with van der Waals surface area (Å²) in [6.07, 6.45) is 0.777. The lowest BCUT2D eigenvalue weighted by Crippen LogP contribution is -2.25. The van der Waals surface area contributed by atoms with Crippen LogP contribution in [0.15, 0.2) is 40.8 Å². The zero-order valence-corrected chi connectivity index (χ0v) is 17.2. The van der Waals surface area contributed by atoms with Crippen LogP contribution in [0.3, 0.4) is 0 Å². The molecule has 0 aliphatic rings. The highest BCUT2D eigenvalue weighted by Gasteiger charge is 2.12. The molecule has 148 valence electrons. The van der Waals surface area contributed by atoms with Gasteiger partial charge in [0.2, 0.25) is 0 Å². The molecular formula is C20H21Cl2N3O3. The van der Waals surface area contributed by atoms with Gasteiger partial charge in [-0.05, 0) is 56.7 Å². The number of carbonyl (C=O) groups is 1. The molecular weight excluding hydrogens is 401 g/mol. The summed E-state index contributed by atoms with van der Waals surface area (Å²) in [6, 6.07) is 10.3. The number of hydrogen-bond donors (Lipinski definition) is 1. The standard InChI is InChI=1S/C20H21Cl2N3O3/c1-13-10-14(2)25(24-13)9-3-8-23-20(26)19-7-5-16(28-19)12-27-18-6-4-15(21)11-17(18)22/h4-7,10-11H,3,8-9,12H2,1-2H3,(H,23,26). The van der Waals surface area contributed by atoms with E-state index in [1.54, 1.807) is 30.3 Å².